The predicted octanol–water partition coefficient (Wildman–Crippen LogP) is 2.40. The van der Waals surface area contributed by atoms with Gasteiger partial charge in [-0.15, -0.1) is 11.3 Å². The van der Waals surface area contributed by atoms with Crippen molar-refractivity contribution in [1.82, 2.24) is 15.2 Å². The molecule has 0 atom stereocenters. The number of nitrogens with one attached hydrogen (secondary N) is 1. The summed E-state index contributed by atoms with van der Waals surface area (Å²) in [6.45, 7) is 0.452. The van der Waals surface area contributed by atoms with Crippen molar-refractivity contribution in [2.24, 2.45) is 0 Å². The molecule has 20 heavy (non-hydrogen) atoms. The summed E-state index contributed by atoms with van der Waals surface area (Å²) in [6.07, 6.45) is 1.65. The van der Waals surface area contributed by atoms with E-state index in [1.807, 2.05) is 24.3 Å². The number of hydrogen-bond donors (Lipinski definition) is 2. The highest BCUT2D eigenvalue weighted by Gasteiger charge is 2.09. The van der Waals surface area contributed by atoms with Crippen LogP contribution in [0.3, 0.4) is 0 Å². The minimum atomic E-state index is -1.01. The molecule has 0 aliphatic rings. The molecule has 0 aliphatic carbocycles. The second-order valence-electron chi connectivity index (χ2n) is 4.06. The Morgan fingerprint density at radius 3 is 3.00 bits per heavy atom. The van der Waals surface area contributed by atoms with Gasteiger partial charge in [-0.25, -0.2) is 9.78 Å². The number of carbonyl (C=O) groups is 1. The Kier molecular flexibility index (Phi) is 3.26. The number of hydrogen-bond acceptors (Lipinski definition) is 6. The molecule has 2 aromatic heterocycles. The molecule has 0 fully saturated rings. The summed E-state index contributed by atoms with van der Waals surface area (Å²) < 4.78 is 0. The largest absolute Gasteiger partial charge is 0.476 e. The molecule has 3 rings (SSSR count). The number of benzene rings is 1. The van der Waals surface area contributed by atoms with Gasteiger partial charge < -0.3 is 10.4 Å². The fourth-order valence-electron chi connectivity index (χ4n) is 1.81. The lowest BCUT2D eigenvalue weighted by Crippen LogP contribution is -2.02. The lowest BCUT2D eigenvalue weighted by atomic mass is 10.2. The minimum absolute atomic E-state index is 0.0736. The summed E-state index contributed by atoms with van der Waals surface area (Å²) in [6, 6.07) is 7.68. The third-order valence-electron chi connectivity index (χ3n) is 2.75. The number of carboxylic acids is 1. The molecule has 0 saturated heterocycles. The van der Waals surface area contributed by atoms with Gasteiger partial charge in [0.15, 0.2) is 5.69 Å². The Balaban J connectivity index is 1.81. The van der Waals surface area contributed by atoms with Gasteiger partial charge >= 0.3 is 5.97 Å². The van der Waals surface area contributed by atoms with Crippen LogP contribution in [0, 0.1) is 0 Å². The van der Waals surface area contributed by atoms with E-state index in [1.165, 1.54) is 16.7 Å². The summed E-state index contributed by atoms with van der Waals surface area (Å²) in [5.41, 5.74) is 1.73. The maximum atomic E-state index is 10.8. The molecule has 0 bridgehead atoms. The number of fused-ring (bicyclic) bond motifs is 1. The van der Waals surface area contributed by atoms with Gasteiger partial charge in [0.2, 0.25) is 0 Å². The van der Waals surface area contributed by atoms with E-state index in [2.05, 4.69) is 20.5 Å². The van der Waals surface area contributed by atoms with Gasteiger partial charge in [0, 0.05) is 10.8 Å². The Morgan fingerprint density at radius 1 is 1.35 bits per heavy atom. The van der Waals surface area contributed by atoms with E-state index in [0.717, 1.165) is 16.6 Å². The molecule has 0 unspecified atom stereocenters. The summed E-state index contributed by atoms with van der Waals surface area (Å²) >= 11 is 1.31. The first-order chi connectivity index (χ1) is 9.74. The van der Waals surface area contributed by atoms with E-state index in [-0.39, 0.29) is 5.69 Å². The number of aromatic carboxylic acids is 1. The third kappa shape index (κ3) is 2.43. The Hall–Kier alpha value is -2.54. The zero-order valence-corrected chi connectivity index (χ0v) is 11.1. The van der Waals surface area contributed by atoms with Crippen molar-refractivity contribution in [3.8, 4) is 0 Å². The monoisotopic (exact) mass is 286 g/mol. The van der Waals surface area contributed by atoms with Crippen LogP contribution in [-0.2, 0) is 6.54 Å². The van der Waals surface area contributed by atoms with Gasteiger partial charge in [0.25, 0.3) is 0 Å². The average Bonchev–Trinajstić information content (AvgIpc) is 2.94. The molecule has 0 aliphatic heterocycles. The maximum absolute atomic E-state index is 10.8. The summed E-state index contributed by atoms with van der Waals surface area (Å²) in [7, 11) is 0. The van der Waals surface area contributed by atoms with Crippen LogP contribution in [0.5, 0.6) is 0 Å². The molecule has 0 saturated carbocycles. The highest BCUT2D eigenvalue weighted by Crippen LogP contribution is 2.21. The molecule has 1 aromatic carbocycles. The van der Waals surface area contributed by atoms with E-state index in [1.54, 1.807) is 6.20 Å². The lowest BCUT2D eigenvalue weighted by molar-refractivity contribution is 0.0691. The number of thiazole rings is 1. The molecule has 7 heteroatoms. The van der Waals surface area contributed by atoms with Crippen molar-refractivity contribution in [3.63, 3.8) is 0 Å². The fraction of sp³-hybridized carbons (Fsp3) is 0.0769. The third-order valence-corrected chi connectivity index (χ3v) is 3.60. The highest BCUT2D eigenvalue weighted by molar-refractivity contribution is 7.09. The van der Waals surface area contributed by atoms with Gasteiger partial charge in [0.05, 0.1) is 23.9 Å². The number of carboxylic acid groups (broad SMARTS) is 1. The van der Waals surface area contributed by atoms with Crippen LogP contribution in [0.25, 0.3) is 10.9 Å². The van der Waals surface area contributed by atoms with Crippen molar-refractivity contribution < 1.29 is 9.90 Å². The Morgan fingerprint density at radius 2 is 2.20 bits per heavy atom. The van der Waals surface area contributed by atoms with E-state index in [9.17, 15) is 4.79 Å². The number of aromatic nitrogens is 3. The van der Waals surface area contributed by atoms with E-state index < -0.39 is 5.97 Å². The standard InChI is InChI=1S/C13H10N4O2S/c18-13(19)11-7-20-12(16-11)6-14-10-5-15-17-9-4-2-1-3-8(9)10/h1-5,7H,6H2,(H,14,17)(H,18,19). The Bertz CT molecular complexity index is 766. The molecular formula is C13H10N4O2S. The van der Waals surface area contributed by atoms with Crippen LogP contribution in [0.1, 0.15) is 15.5 Å². The van der Waals surface area contributed by atoms with E-state index >= 15 is 0 Å². The second kappa shape index (κ2) is 5.22. The van der Waals surface area contributed by atoms with Gasteiger partial charge in [-0.1, -0.05) is 18.2 Å². The van der Waals surface area contributed by atoms with E-state index in [4.69, 9.17) is 5.11 Å². The number of rotatable bonds is 4. The normalized spacial score (nSPS) is 10.6. The van der Waals surface area contributed by atoms with Crippen molar-refractivity contribution >= 4 is 33.9 Å². The van der Waals surface area contributed by atoms with Crippen LogP contribution in [0.15, 0.2) is 35.8 Å². The lowest BCUT2D eigenvalue weighted by Gasteiger charge is -2.06. The number of anilines is 1. The van der Waals surface area contributed by atoms with Crippen molar-refractivity contribution in [2.45, 2.75) is 6.54 Å². The van der Waals surface area contributed by atoms with Crippen LogP contribution in [-0.4, -0.2) is 26.3 Å². The molecule has 0 amide bonds. The highest BCUT2D eigenvalue weighted by atomic mass is 32.1. The van der Waals surface area contributed by atoms with Crippen LogP contribution in [0.4, 0.5) is 5.69 Å². The van der Waals surface area contributed by atoms with Gasteiger partial charge in [-0.3, -0.25) is 0 Å². The summed E-state index contributed by atoms with van der Waals surface area (Å²) in [5, 5.41) is 23.2. The van der Waals surface area contributed by atoms with Gasteiger partial charge in [-0.05, 0) is 6.07 Å². The summed E-state index contributed by atoms with van der Waals surface area (Å²) in [5.74, 6) is -1.01. The molecule has 2 heterocycles. The fourth-order valence-corrected chi connectivity index (χ4v) is 2.52. The van der Waals surface area contributed by atoms with Crippen molar-refractivity contribution in [3.05, 3.63) is 46.5 Å². The SMILES string of the molecule is O=C(O)c1csc(CNc2cnnc3ccccc23)n1. The van der Waals surface area contributed by atoms with Crippen LogP contribution in [0.2, 0.25) is 0 Å². The molecule has 0 spiro atoms. The quantitative estimate of drug-likeness (QED) is 0.765. The minimum Gasteiger partial charge on any atom is -0.476 e. The Labute approximate surface area is 118 Å². The zero-order valence-electron chi connectivity index (χ0n) is 10.3. The predicted molar refractivity (Wildman–Crippen MR) is 75.9 cm³/mol. The van der Waals surface area contributed by atoms with Crippen LogP contribution < -0.4 is 5.32 Å². The van der Waals surface area contributed by atoms with Crippen molar-refractivity contribution in [2.75, 3.05) is 5.32 Å². The maximum Gasteiger partial charge on any atom is 0.355 e. The topological polar surface area (TPSA) is 88.0 Å². The molecule has 6 nitrogen and oxygen atoms in total. The first kappa shape index (κ1) is 12.5. The number of nitrogens with zero attached hydrogens (tertiary/aromatic N) is 3. The molecule has 3 aromatic rings. The first-order valence-electron chi connectivity index (χ1n) is 5.86. The summed E-state index contributed by atoms with van der Waals surface area (Å²) in [4.78, 5) is 14.8. The van der Waals surface area contributed by atoms with Gasteiger partial charge in [-0.2, -0.15) is 10.2 Å². The average molecular weight is 286 g/mol. The molecule has 0 radical (unpaired) electrons. The zero-order chi connectivity index (χ0) is 13.9. The molecule has 2 N–H and O–H groups in total. The van der Waals surface area contributed by atoms with Crippen molar-refractivity contribution in [1.29, 1.82) is 0 Å². The van der Waals surface area contributed by atoms with E-state index in [0.29, 0.717) is 11.6 Å². The molecular weight excluding hydrogens is 276 g/mol. The smallest absolute Gasteiger partial charge is 0.355 e. The second-order valence-corrected chi connectivity index (χ2v) is 5.00. The van der Waals surface area contributed by atoms with Crippen LogP contribution >= 0.6 is 11.3 Å². The molecule has 100 valence electrons. The van der Waals surface area contributed by atoms with Gasteiger partial charge in [0.1, 0.15) is 5.01 Å². The first-order valence-corrected chi connectivity index (χ1v) is 6.74.